The predicted molar refractivity (Wildman–Crippen MR) is 87.1 cm³/mol. The number of phenolic OH excluding ortho intramolecular Hbond substituents is 1. The van der Waals surface area contributed by atoms with Crippen LogP contribution in [0.25, 0.3) is 0 Å². The second-order valence-electron chi connectivity index (χ2n) is 5.10. The van der Waals surface area contributed by atoms with Gasteiger partial charge in [-0.2, -0.15) is 0 Å². The minimum atomic E-state index is 0.245. The SMILES string of the molecule is CC(CN1CCOCC1)NCc1cc(Br)c(O)c(Br)c1. The van der Waals surface area contributed by atoms with Crippen molar-refractivity contribution >= 4 is 31.9 Å². The third kappa shape index (κ3) is 4.70. The Hall–Kier alpha value is -0.140. The van der Waals surface area contributed by atoms with Gasteiger partial charge in [0.15, 0.2) is 0 Å². The quantitative estimate of drug-likeness (QED) is 0.787. The van der Waals surface area contributed by atoms with Gasteiger partial charge in [-0.1, -0.05) is 0 Å². The molecule has 112 valence electrons. The summed E-state index contributed by atoms with van der Waals surface area (Å²) >= 11 is 6.71. The molecule has 1 heterocycles. The van der Waals surface area contributed by atoms with E-state index in [1.165, 1.54) is 0 Å². The van der Waals surface area contributed by atoms with Crippen molar-refractivity contribution in [2.45, 2.75) is 19.5 Å². The molecular formula is C14H20Br2N2O2. The van der Waals surface area contributed by atoms with Gasteiger partial charge in [0.25, 0.3) is 0 Å². The van der Waals surface area contributed by atoms with Crippen molar-refractivity contribution in [2.24, 2.45) is 0 Å². The normalized spacial score (nSPS) is 18.1. The predicted octanol–water partition coefficient (Wildman–Crippen LogP) is 2.73. The van der Waals surface area contributed by atoms with Crippen molar-refractivity contribution < 1.29 is 9.84 Å². The molecule has 1 fully saturated rings. The van der Waals surface area contributed by atoms with E-state index in [0.717, 1.165) is 45.0 Å². The Balaban J connectivity index is 1.82. The van der Waals surface area contributed by atoms with Crippen LogP contribution in [0.1, 0.15) is 12.5 Å². The second-order valence-corrected chi connectivity index (χ2v) is 6.81. The zero-order valence-electron chi connectivity index (χ0n) is 11.5. The first-order valence-corrected chi connectivity index (χ1v) is 8.35. The van der Waals surface area contributed by atoms with E-state index in [1.54, 1.807) is 0 Å². The van der Waals surface area contributed by atoms with Crippen LogP contribution in [0.4, 0.5) is 0 Å². The molecule has 0 saturated carbocycles. The Kier molecular flexibility index (Phi) is 6.29. The fraction of sp³-hybridized carbons (Fsp3) is 0.571. The zero-order valence-corrected chi connectivity index (χ0v) is 14.7. The van der Waals surface area contributed by atoms with Gasteiger partial charge < -0.3 is 15.2 Å². The van der Waals surface area contributed by atoms with E-state index in [4.69, 9.17) is 4.74 Å². The monoisotopic (exact) mass is 406 g/mol. The average Bonchev–Trinajstić information content (AvgIpc) is 2.43. The summed E-state index contributed by atoms with van der Waals surface area (Å²) < 4.78 is 6.78. The number of nitrogens with zero attached hydrogens (tertiary/aromatic N) is 1. The Morgan fingerprint density at radius 2 is 1.90 bits per heavy atom. The first-order chi connectivity index (χ1) is 9.56. The molecular weight excluding hydrogens is 388 g/mol. The molecule has 1 aromatic carbocycles. The molecule has 1 aliphatic rings. The van der Waals surface area contributed by atoms with Crippen molar-refractivity contribution in [1.82, 2.24) is 10.2 Å². The molecule has 20 heavy (non-hydrogen) atoms. The Morgan fingerprint density at radius 1 is 1.30 bits per heavy atom. The van der Waals surface area contributed by atoms with Crippen LogP contribution in [0.3, 0.4) is 0 Å². The third-order valence-electron chi connectivity index (χ3n) is 3.37. The Labute approximate surface area is 136 Å². The summed E-state index contributed by atoms with van der Waals surface area (Å²) in [6.45, 7) is 7.71. The van der Waals surface area contributed by atoms with Crippen molar-refractivity contribution in [3.05, 3.63) is 26.6 Å². The maximum Gasteiger partial charge on any atom is 0.143 e. The number of hydrogen-bond acceptors (Lipinski definition) is 4. The Bertz CT molecular complexity index is 428. The molecule has 2 rings (SSSR count). The fourth-order valence-electron chi connectivity index (χ4n) is 2.25. The summed E-state index contributed by atoms with van der Waals surface area (Å²) in [6.07, 6.45) is 0. The van der Waals surface area contributed by atoms with E-state index < -0.39 is 0 Å². The van der Waals surface area contributed by atoms with Gasteiger partial charge in [0.05, 0.1) is 22.2 Å². The number of rotatable bonds is 5. The summed E-state index contributed by atoms with van der Waals surface area (Å²) in [7, 11) is 0. The number of ether oxygens (including phenoxy) is 1. The first kappa shape index (κ1) is 16.2. The molecule has 2 N–H and O–H groups in total. The number of aromatic hydroxyl groups is 1. The summed E-state index contributed by atoms with van der Waals surface area (Å²) in [6, 6.07) is 4.29. The summed E-state index contributed by atoms with van der Waals surface area (Å²) in [5.41, 5.74) is 1.13. The number of morpholine rings is 1. The van der Waals surface area contributed by atoms with Gasteiger partial charge in [-0.25, -0.2) is 0 Å². The molecule has 1 atom stereocenters. The largest absolute Gasteiger partial charge is 0.506 e. The topological polar surface area (TPSA) is 44.7 Å². The van der Waals surface area contributed by atoms with E-state index in [2.05, 4.69) is 49.0 Å². The van der Waals surface area contributed by atoms with Gasteiger partial charge in [-0.05, 0) is 56.5 Å². The molecule has 0 amide bonds. The Morgan fingerprint density at radius 3 is 2.50 bits per heavy atom. The lowest BCUT2D eigenvalue weighted by Gasteiger charge is -2.29. The van der Waals surface area contributed by atoms with Crippen LogP contribution in [0.15, 0.2) is 21.1 Å². The van der Waals surface area contributed by atoms with Gasteiger partial charge >= 0.3 is 0 Å². The average molecular weight is 408 g/mol. The lowest BCUT2D eigenvalue weighted by molar-refractivity contribution is 0.0343. The number of hydrogen-bond donors (Lipinski definition) is 2. The number of nitrogens with one attached hydrogen (secondary N) is 1. The van der Waals surface area contributed by atoms with Gasteiger partial charge in [-0.3, -0.25) is 4.90 Å². The number of benzene rings is 1. The van der Waals surface area contributed by atoms with E-state index >= 15 is 0 Å². The molecule has 0 aromatic heterocycles. The molecule has 1 aliphatic heterocycles. The highest BCUT2D eigenvalue weighted by molar-refractivity contribution is 9.11. The van der Waals surface area contributed by atoms with Crippen molar-refractivity contribution in [3.8, 4) is 5.75 Å². The van der Waals surface area contributed by atoms with Gasteiger partial charge in [0.2, 0.25) is 0 Å². The third-order valence-corrected chi connectivity index (χ3v) is 4.58. The lowest BCUT2D eigenvalue weighted by Crippen LogP contribution is -2.44. The van der Waals surface area contributed by atoms with Crippen LogP contribution in [0, 0.1) is 0 Å². The molecule has 1 aromatic rings. The number of halogens is 2. The van der Waals surface area contributed by atoms with E-state index in [9.17, 15) is 5.11 Å². The maximum atomic E-state index is 9.69. The standard InChI is InChI=1S/C14H20Br2N2O2/c1-10(9-18-2-4-20-5-3-18)17-8-11-6-12(15)14(19)13(16)7-11/h6-7,10,17,19H,2-5,8-9H2,1H3. The van der Waals surface area contributed by atoms with Gasteiger partial charge in [0, 0.05) is 32.2 Å². The van der Waals surface area contributed by atoms with Crippen LogP contribution in [-0.2, 0) is 11.3 Å². The van der Waals surface area contributed by atoms with Crippen LogP contribution >= 0.6 is 31.9 Å². The maximum absolute atomic E-state index is 9.69. The molecule has 4 nitrogen and oxygen atoms in total. The minimum Gasteiger partial charge on any atom is -0.506 e. The molecule has 0 aliphatic carbocycles. The van der Waals surface area contributed by atoms with Crippen LogP contribution < -0.4 is 5.32 Å². The summed E-state index contributed by atoms with van der Waals surface area (Å²) in [5.74, 6) is 0.245. The van der Waals surface area contributed by atoms with E-state index in [1.807, 2.05) is 12.1 Å². The molecule has 0 bridgehead atoms. The second kappa shape index (κ2) is 7.75. The summed E-state index contributed by atoms with van der Waals surface area (Å²) in [4.78, 5) is 2.42. The van der Waals surface area contributed by atoms with Crippen LogP contribution in [0.5, 0.6) is 5.75 Å². The molecule has 1 unspecified atom stereocenters. The van der Waals surface area contributed by atoms with E-state index in [-0.39, 0.29) is 5.75 Å². The smallest absolute Gasteiger partial charge is 0.143 e. The van der Waals surface area contributed by atoms with E-state index in [0.29, 0.717) is 15.0 Å². The van der Waals surface area contributed by atoms with Crippen LogP contribution in [-0.4, -0.2) is 48.9 Å². The number of phenols is 1. The van der Waals surface area contributed by atoms with Crippen molar-refractivity contribution in [1.29, 1.82) is 0 Å². The highest BCUT2D eigenvalue weighted by Gasteiger charge is 2.13. The lowest BCUT2D eigenvalue weighted by atomic mass is 10.2. The first-order valence-electron chi connectivity index (χ1n) is 6.76. The van der Waals surface area contributed by atoms with Crippen molar-refractivity contribution in [2.75, 3.05) is 32.8 Å². The summed E-state index contributed by atoms with van der Waals surface area (Å²) in [5, 5.41) is 13.2. The minimum absolute atomic E-state index is 0.245. The highest BCUT2D eigenvalue weighted by atomic mass is 79.9. The molecule has 0 radical (unpaired) electrons. The molecule has 0 spiro atoms. The molecule has 1 saturated heterocycles. The van der Waals surface area contributed by atoms with Gasteiger partial charge in [0.1, 0.15) is 5.75 Å². The molecule has 6 heteroatoms. The van der Waals surface area contributed by atoms with Gasteiger partial charge in [-0.15, -0.1) is 0 Å². The highest BCUT2D eigenvalue weighted by Crippen LogP contribution is 2.33. The zero-order chi connectivity index (χ0) is 14.5. The van der Waals surface area contributed by atoms with Crippen molar-refractivity contribution in [3.63, 3.8) is 0 Å². The van der Waals surface area contributed by atoms with Crippen LogP contribution in [0.2, 0.25) is 0 Å². The fourth-order valence-corrected chi connectivity index (χ4v) is 3.53.